The minimum absolute atomic E-state index is 0.00818. The number of rotatable bonds is 8. The number of hydrogen-bond acceptors (Lipinski definition) is 3. The van der Waals surface area contributed by atoms with Crippen LogP contribution in [0.1, 0.15) is 18.4 Å². The molecule has 0 aliphatic rings. The van der Waals surface area contributed by atoms with E-state index < -0.39 is 15.8 Å². The maximum atomic E-state index is 14.0. The summed E-state index contributed by atoms with van der Waals surface area (Å²) in [5.74, 6) is -0.793. The van der Waals surface area contributed by atoms with Crippen molar-refractivity contribution in [2.24, 2.45) is 0 Å². The van der Waals surface area contributed by atoms with Crippen molar-refractivity contribution in [1.82, 2.24) is 5.32 Å². The van der Waals surface area contributed by atoms with Crippen molar-refractivity contribution in [2.75, 3.05) is 17.1 Å². The van der Waals surface area contributed by atoms with E-state index in [1.54, 1.807) is 6.07 Å². The minimum atomic E-state index is -3.66. The Bertz CT molecular complexity index is 1110. The lowest BCUT2D eigenvalue weighted by molar-refractivity contribution is -0.121. The molecule has 3 aromatic carbocycles. The number of fused-ring (bicyclic) bond motifs is 1. The van der Waals surface area contributed by atoms with Gasteiger partial charge >= 0.3 is 0 Å². The first-order chi connectivity index (χ1) is 13.9. The number of para-hydroxylation sites is 1. The number of amides is 1. The molecule has 0 fully saturated rings. The molecular weight excluding hydrogens is 391 g/mol. The smallest absolute Gasteiger partial charge is 0.232 e. The van der Waals surface area contributed by atoms with E-state index in [-0.39, 0.29) is 31.0 Å². The number of sulfonamides is 1. The predicted molar refractivity (Wildman–Crippen MR) is 114 cm³/mol. The Balaban J connectivity index is 1.58. The van der Waals surface area contributed by atoms with Gasteiger partial charge in [0.05, 0.1) is 11.9 Å². The molecule has 29 heavy (non-hydrogen) atoms. The number of hydrogen-bond donors (Lipinski definition) is 1. The Morgan fingerprint density at radius 2 is 1.69 bits per heavy atom. The number of carbonyl (C=O) groups is 1. The maximum Gasteiger partial charge on any atom is 0.232 e. The van der Waals surface area contributed by atoms with Crippen LogP contribution in [0.15, 0.2) is 66.7 Å². The fourth-order valence-corrected chi connectivity index (χ4v) is 4.20. The van der Waals surface area contributed by atoms with Gasteiger partial charge in [0.2, 0.25) is 15.9 Å². The summed E-state index contributed by atoms with van der Waals surface area (Å²) in [4.78, 5) is 12.2. The Kier molecular flexibility index (Phi) is 6.49. The van der Waals surface area contributed by atoms with Gasteiger partial charge in [0.25, 0.3) is 0 Å². The quantitative estimate of drug-likeness (QED) is 0.609. The molecule has 1 amide bonds. The highest BCUT2D eigenvalue weighted by Crippen LogP contribution is 2.22. The normalized spacial score (nSPS) is 11.4. The van der Waals surface area contributed by atoms with Gasteiger partial charge in [0.1, 0.15) is 5.82 Å². The van der Waals surface area contributed by atoms with Crippen LogP contribution in [0.4, 0.5) is 10.1 Å². The van der Waals surface area contributed by atoms with Crippen molar-refractivity contribution in [3.8, 4) is 0 Å². The summed E-state index contributed by atoms with van der Waals surface area (Å²) in [5.41, 5.74) is 1.01. The van der Waals surface area contributed by atoms with Crippen LogP contribution in [-0.4, -0.2) is 27.1 Å². The highest BCUT2D eigenvalue weighted by molar-refractivity contribution is 7.92. The third kappa shape index (κ3) is 5.32. The summed E-state index contributed by atoms with van der Waals surface area (Å²) >= 11 is 0. The Morgan fingerprint density at radius 3 is 2.45 bits per heavy atom. The molecule has 5 nitrogen and oxygen atoms in total. The molecule has 0 radical (unpaired) electrons. The second kappa shape index (κ2) is 9.05. The Hall–Kier alpha value is -2.93. The molecule has 7 heteroatoms. The van der Waals surface area contributed by atoms with E-state index in [2.05, 4.69) is 5.32 Å². The van der Waals surface area contributed by atoms with E-state index in [9.17, 15) is 17.6 Å². The van der Waals surface area contributed by atoms with Gasteiger partial charge in [-0.05, 0) is 34.9 Å². The van der Waals surface area contributed by atoms with Crippen LogP contribution >= 0.6 is 0 Å². The first-order valence-electron chi connectivity index (χ1n) is 9.32. The van der Waals surface area contributed by atoms with Gasteiger partial charge < -0.3 is 5.32 Å². The number of carbonyl (C=O) groups excluding carboxylic acids is 1. The average molecular weight is 415 g/mol. The molecule has 0 saturated carbocycles. The molecule has 0 unspecified atom stereocenters. The molecule has 0 aromatic heterocycles. The molecule has 0 aliphatic heterocycles. The van der Waals surface area contributed by atoms with E-state index in [1.165, 1.54) is 18.2 Å². The first kappa shape index (κ1) is 20.8. The van der Waals surface area contributed by atoms with Crippen LogP contribution in [0.3, 0.4) is 0 Å². The minimum Gasteiger partial charge on any atom is -0.352 e. The summed E-state index contributed by atoms with van der Waals surface area (Å²) in [7, 11) is -3.66. The standard InChI is InChI=1S/C22H23FN2O3S/c1-29(27,28)25(21-13-5-4-12-20(21)23)15-7-14-22(26)24-16-18-10-6-9-17-8-2-3-11-19(17)18/h2-6,8-13H,7,14-16H2,1H3,(H,24,26). The van der Waals surface area contributed by atoms with Gasteiger partial charge in [0, 0.05) is 19.5 Å². The summed E-state index contributed by atoms with van der Waals surface area (Å²) in [5, 5.41) is 5.06. The number of anilines is 1. The number of nitrogens with one attached hydrogen (secondary N) is 1. The van der Waals surface area contributed by atoms with Crippen LogP contribution in [0.25, 0.3) is 10.8 Å². The molecule has 0 spiro atoms. The largest absolute Gasteiger partial charge is 0.352 e. The first-order valence-corrected chi connectivity index (χ1v) is 11.2. The Labute approximate surface area is 170 Å². The van der Waals surface area contributed by atoms with E-state index in [0.29, 0.717) is 6.54 Å². The van der Waals surface area contributed by atoms with Gasteiger partial charge in [-0.3, -0.25) is 9.10 Å². The topological polar surface area (TPSA) is 66.5 Å². The zero-order valence-corrected chi connectivity index (χ0v) is 17.0. The van der Waals surface area contributed by atoms with Gasteiger partial charge in [0.15, 0.2) is 0 Å². The van der Waals surface area contributed by atoms with E-state index in [0.717, 1.165) is 26.9 Å². The van der Waals surface area contributed by atoms with Crippen LogP contribution in [-0.2, 0) is 21.4 Å². The summed E-state index contributed by atoms with van der Waals surface area (Å²) in [6.45, 7) is 0.421. The molecule has 0 aliphatic carbocycles. The fraction of sp³-hybridized carbons (Fsp3) is 0.227. The maximum absolute atomic E-state index is 14.0. The van der Waals surface area contributed by atoms with E-state index in [4.69, 9.17) is 0 Å². The second-order valence-corrected chi connectivity index (χ2v) is 8.71. The molecule has 0 heterocycles. The molecule has 0 saturated heterocycles. The SMILES string of the molecule is CS(=O)(=O)N(CCCC(=O)NCc1cccc2ccccc12)c1ccccc1F. The van der Waals surface area contributed by atoms with Crippen LogP contribution in [0.5, 0.6) is 0 Å². The molecule has 3 rings (SSSR count). The highest BCUT2D eigenvalue weighted by Gasteiger charge is 2.20. The monoisotopic (exact) mass is 414 g/mol. The van der Waals surface area contributed by atoms with Crippen LogP contribution in [0.2, 0.25) is 0 Å². The number of benzene rings is 3. The number of nitrogens with zero attached hydrogens (tertiary/aromatic N) is 1. The fourth-order valence-electron chi connectivity index (χ4n) is 3.23. The van der Waals surface area contributed by atoms with Gasteiger partial charge in [-0.1, -0.05) is 54.6 Å². The molecule has 152 valence electrons. The molecule has 3 aromatic rings. The zero-order valence-electron chi connectivity index (χ0n) is 16.1. The lowest BCUT2D eigenvalue weighted by atomic mass is 10.0. The van der Waals surface area contributed by atoms with Gasteiger partial charge in [-0.25, -0.2) is 12.8 Å². The summed E-state index contributed by atoms with van der Waals surface area (Å²) < 4.78 is 39.1. The van der Waals surface area contributed by atoms with Gasteiger partial charge in [-0.15, -0.1) is 0 Å². The predicted octanol–water partition coefficient (Wildman–Crippen LogP) is 3.84. The third-order valence-corrected chi connectivity index (χ3v) is 5.82. The number of halogens is 1. The zero-order chi connectivity index (χ0) is 20.9. The summed E-state index contributed by atoms with van der Waals surface area (Å²) in [6.07, 6.45) is 1.45. The van der Waals surface area contributed by atoms with Crippen molar-refractivity contribution in [3.63, 3.8) is 0 Å². The van der Waals surface area contributed by atoms with Crippen LogP contribution < -0.4 is 9.62 Å². The average Bonchev–Trinajstić information content (AvgIpc) is 2.69. The molecular formula is C22H23FN2O3S. The van der Waals surface area contributed by atoms with E-state index in [1.807, 2.05) is 42.5 Å². The third-order valence-electron chi connectivity index (χ3n) is 4.64. The molecule has 0 bridgehead atoms. The van der Waals surface area contributed by atoms with Crippen molar-refractivity contribution in [3.05, 3.63) is 78.1 Å². The molecule has 0 atom stereocenters. The lowest BCUT2D eigenvalue weighted by Gasteiger charge is -2.22. The lowest BCUT2D eigenvalue weighted by Crippen LogP contribution is -2.32. The van der Waals surface area contributed by atoms with Crippen LogP contribution in [0, 0.1) is 5.82 Å². The van der Waals surface area contributed by atoms with Crippen molar-refractivity contribution >= 4 is 32.4 Å². The Morgan fingerprint density at radius 1 is 1.00 bits per heavy atom. The van der Waals surface area contributed by atoms with Crippen molar-refractivity contribution in [2.45, 2.75) is 19.4 Å². The highest BCUT2D eigenvalue weighted by atomic mass is 32.2. The van der Waals surface area contributed by atoms with Gasteiger partial charge in [-0.2, -0.15) is 0 Å². The summed E-state index contributed by atoms with van der Waals surface area (Å²) in [6, 6.07) is 19.6. The second-order valence-electron chi connectivity index (χ2n) is 6.81. The van der Waals surface area contributed by atoms with E-state index >= 15 is 0 Å². The molecule has 1 N–H and O–H groups in total. The van der Waals surface area contributed by atoms with Crippen molar-refractivity contribution in [1.29, 1.82) is 0 Å². The van der Waals surface area contributed by atoms with Crippen molar-refractivity contribution < 1.29 is 17.6 Å².